The normalized spacial score (nSPS) is 14.3. The fraction of sp³-hybridized carbons (Fsp3) is 0.385. The number of amides is 1. The van der Waals surface area contributed by atoms with Crippen LogP contribution in [0.1, 0.15) is 12.8 Å². The van der Waals surface area contributed by atoms with Crippen molar-refractivity contribution >= 4 is 34.8 Å². The lowest BCUT2D eigenvalue weighted by molar-refractivity contribution is -0.133. The van der Waals surface area contributed by atoms with Gasteiger partial charge in [-0.3, -0.25) is 14.2 Å². The maximum Gasteiger partial charge on any atom is 0.313 e. The van der Waals surface area contributed by atoms with E-state index >= 15 is 0 Å². The highest BCUT2D eigenvalue weighted by atomic mass is 32.2. The van der Waals surface area contributed by atoms with Gasteiger partial charge in [0.1, 0.15) is 12.1 Å². The van der Waals surface area contributed by atoms with Gasteiger partial charge in [-0.15, -0.1) is 0 Å². The molecule has 1 aliphatic rings. The fourth-order valence-corrected chi connectivity index (χ4v) is 2.68. The maximum atomic E-state index is 12.0. The Morgan fingerprint density at radius 2 is 2.29 bits per heavy atom. The van der Waals surface area contributed by atoms with Gasteiger partial charge in [0.15, 0.2) is 10.8 Å². The smallest absolute Gasteiger partial charge is 0.313 e. The summed E-state index contributed by atoms with van der Waals surface area (Å²) in [5.41, 5.74) is 1.25. The summed E-state index contributed by atoms with van der Waals surface area (Å²) in [6.45, 7) is 0.103. The molecule has 110 valence electrons. The number of nitrogens with one attached hydrogen (secondary N) is 1. The molecule has 0 spiro atoms. The van der Waals surface area contributed by atoms with Crippen LogP contribution in [-0.2, 0) is 16.1 Å². The summed E-state index contributed by atoms with van der Waals surface area (Å²) in [6.07, 6.45) is 3.68. The Bertz CT molecular complexity index is 696. The molecule has 0 aromatic carbocycles. The summed E-state index contributed by atoms with van der Waals surface area (Å²) in [5, 5.41) is 12.2. The SMILES string of the molecule is O=C(O)CSc1nc2cccnc2n1CC(=O)NC1CC1. The van der Waals surface area contributed by atoms with Crippen molar-refractivity contribution in [1.29, 1.82) is 0 Å². The van der Waals surface area contributed by atoms with E-state index in [-0.39, 0.29) is 24.2 Å². The molecular formula is C13H14N4O3S. The monoisotopic (exact) mass is 306 g/mol. The molecule has 2 aromatic rings. The van der Waals surface area contributed by atoms with E-state index in [0.29, 0.717) is 16.3 Å². The van der Waals surface area contributed by atoms with Gasteiger partial charge in [0.25, 0.3) is 0 Å². The van der Waals surface area contributed by atoms with E-state index in [1.54, 1.807) is 22.9 Å². The summed E-state index contributed by atoms with van der Waals surface area (Å²) in [6, 6.07) is 3.84. The van der Waals surface area contributed by atoms with Crippen molar-refractivity contribution < 1.29 is 14.7 Å². The molecule has 0 atom stereocenters. The lowest BCUT2D eigenvalue weighted by atomic mass is 10.4. The number of carboxylic acid groups (broad SMARTS) is 1. The number of nitrogens with zero attached hydrogens (tertiary/aromatic N) is 3. The van der Waals surface area contributed by atoms with E-state index in [4.69, 9.17) is 5.11 Å². The van der Waals surface area contributed by atoms with Crippen LogP contribution in [0.4, 0.5) is 0 Å². The molecular weight excluding hydrogens is 292 g/mol. The number of thioether (sulfide) groups is 1. The van der Waals surface area contributed by atoms with Crippen molar-refractivity contribution in [3.8, 4) is 0 Å². The number of pyridine rings is 1. The number of hydrogen-bond donors (Lipinski definition) is 2. The van der Waals surface area contributed by atoms with E-state index in [1.807, 2.05) is 0 Å². The largest absolute Gasteiger partial charge is 0.481 e. The van der Waals surface area contributed by atoms with E-state index in [9.17, 15) is 9.59 Å². The van der Waals surface area contributed by atoms with Crippen LogP contribution in [0, 0.1) is 0 Å². The van der Waals surface area contributed by atoms with E-state index in [2.05, 4.69) is 15.3 Å². The van der Waals surface area contributed by atoms with E-state index in [1.165, 1.54) is 0 Å². The van der Waals surface area contributed by atoms with Gasteiger partial charge in [0, 0.05) is 12.2 Å². The van der Waals surface area contributed by atoms with Crippen LogP contribution in [0.25, 0.3) is 11.2 Å². The highest BCUT2D eigenvalue weighted by Gasteiger charge is 2.24. The molecule has 0 bridgehead atoms. The average molecular weight is 306 g/mol. The van der Waals surface area contributed by atoms with Crippen LogP contribution in [0.2, 0.25) is 0 Å². The summed E-state index contributed by atoms with van der Waals surface area (Å²) < 4.78 is 1.67. The molecule has 2 heterocycles. The minimum Gasteiger partial charge on any atom is -0.481 e. The molecule has 0 radical (unpaired) electrons. The van der Waals surface area contributed by atoms with Crippen LogP contribution >= 0.6 is 11.8 Å². The van der Waals surface area contributed by atoms with Crippen molar-refractivity contribution in [2.75, 3.05) is 5.75 Å². The Morgan fingerprint density at radius 1 is 1.48 bits per heavy atom. The number of aliphatic carboxylic acids is 1. The standard InChI is InChI=1S/C13H14N4O3S/c18-10(15-8-3-4-8)6-17-12-9(2-1-5-14-12)16-13(17)21-7-11(19)20/h1-2,5,8H,3-4,6-7H2,(H,15,18)(H,19,20). The van der Waals surface area contributed by atoms with Gasteiger partial charge >= 0.3 is 5.97 Å². The molecule has 1 fully saturated rings. The molecule has 7 nitrogen and oxygen atoms in total. The predicted octanol–water partition coefficient (Wildman–Crippen LogP) is 0.887. The van der Waals surface area contributed by atoms with Gasteiger partial charge in [0.2, 0.25) is 5.91 Å². The topological polar surface area (TPSA) is 97.1 Å². The third-order valence-electron chi connectivity index (χ3n) is 3.04. The highest BCUT2D eigenvalue weighted by Crippen LogP contribution is 2.23. The number of imidazole rings is 1. The Morgan fingerprint density at radius 3 is 3.00 bits per heavy atom. The van der Waals surface area contributed by atoms with Gasteiger partial charge in [-0.05, 0) is 25.0 Å². The summed E-state index contributed by atoms with van der Waals surface area (Å²) in [4.78, 5) is 31.3. The quantitative estimate of drug-likeness (QED) is 0.769. The molecule has 0 saturated heterocycles. The molecule has 1 saturated carbocycles. The Hall–Kier alpha value is -2.09. The van der Waals surface area contributed by atoms with Gasteiger partial charge in [-0.1, -0.05) is 11.8 Å². The number of rotatable bonds is 6. The van der Waals surface area contributed by atoms with E-state index < -0.39 is 5.97 Å². The van der Waals surface area contributed by atoms with Crippen molar-refractivity contribution in [1.82, 2.24) is 19.9 Å². The molecule has 1 aliphatic carbocycles. The first-order valence-corrected chi connectivity index (χ1v) is 7.57. The van der Waals surface area contributed by atoms with Crippen molar-refractivity contribution in [3.63, 3.8) is 0 Å². The zero-order valence-corrected chi connectivity index (χ0v) is 12.0. The number of carbonyl (C=O) groups excluding carboxylic acids is 1. The van der Waals surface area contributed by atoms with Crippen LogP contribution < -0.4 is 5.32 Å². The zero-order valence-electron chi connectivity index (χ0n) is 11.2. The molecule has 0 unspecified atom stereocenters. The Labute approximate surface area is 124 Å². The second kappa shape index (κ2) is 5.72. The number of carbonyl (C=O) groups is 2. The third kappa shape index (κ3) is 3.33. The number of fused-ring (bicyclic) bond motifs is 1. The molecule has 3 rings (SSSR count). The van der Waals surface area contributed by atoms with Crippen LogP contribution in [0.5, 0.6) is 0 Å². The van der Waals surface area contributed by atoms with Crippen LogP contribution in [0.15, 0.2) is 23.5 Å². The Kier molecular flexibility index (Phi) is 3.78. The van der Waals surface area contributed by atoms with Crippen LogP contribution in [0.3, 0.4) is 0 Å². The second-order valence-corrected chi connectivity index (χ2v) is 5.79. The molecule has 0 aliphatic heterocycles. The highest BCUT2D eigenvalue weighted by molar-refractivity contribution is 7.99. The van der Waals surface area contributed by atoms with Crippen molar-refractivity contribution in [2.45, 2.75) is 30.6 Å². The van der Waals surface area contributed by atoms with Gasteiger partial charge < -0.3 is 10.4 Å². The lowest BCUT2D eigenvalue weighted by Gasteiger charge is -2.08. The fourth-order valence-electron chi connectivity index (χ4n) is 1.96. The average Bonchev–Trinajstić information content (AvgIpc) is 3.19. The summed E-state index contributed by atoms with van der Waals surface area (Å²) in [7, 11) is 0. The zero-order chi connectivity index (χ0) is 14.8. The molecule has 21 heavy (non-hydrogen) atoms. The second-order valence-electron chi connectivity index (χ2n) is 4.85. The lowest BCUT2D eigenvalue weighted by Crippen LogP contribution is -2.29. The predicted molar refractivity (Wildman–Crippen MR) is 77.1 cm³/mol. The first-order chi connectivity index (χ1) is 10.1. The third-order valence-corrected chi connectivity index (χ3v) is 4.00. The summed E-state index contributed by atoms with van der Waals surface area (Å²) >= 11 is 1.09. The minimum absolute atomic E-state index is 0.0976. The Balaban J connectivity index is 1.86. The molecule has 2 aromatic heterocycles. The molecule has 2 N–H and O–H groups in total. The first-order valence-electron chi connectivity index (χ1n) is 6.58. The van der Waals surface area contributed by atoms with Gasteiger partial charge in [-0.2, -0.15) is 0 Å². The van der Waals surface area contributed by atoms with Crippen molar-refractivity contribution in [2.24, 2.45) is 0 Å². The summed E-state index contributed by atoms with van der Waals surface area (Å²) in [5.74, 6) is -1.12. The maximum absolute atomic E-state index is 12.0. The number of aromatic nitrogens is 3. The molecule has 1 amide bonds. The number of hydrogen-bond acceptors (Lipinski definition) is 5. The van der Waals surface area contributed by atoms with E-state index in [0.717, 1.165) is 24.6 Å². The van der Waals surface area contributed by atoms with Crippen molar-refractivity contribution in [3.05, 3.63) is 18.3 Å². The van der Waals surface area contributed by atoms with Gasteiger partial charge in [-0.25, -0.2) is 9.97 Å². The van der Waals surface area contributed by atoms with Crippen LogP contribution in [-0.4, -0.2) is 43.3 Å². The number of carboxylic acids is 1. The minimum atomic E-state index is -0.922. The molecule has 8 heteroatoms. The van der Waals surface area contributed by atoms with Gasteiger partial charge in [0.05, 0.1) is 5.75 Å². The first kappa shape index (κ1) is 13.9.